The maximum Gasteiger partial charge on any atom is 0.249 e. The van der Waals surface area contributed by atoms with E-state index < -0.39 is 0 Å². The van der Waals surface area contributed by atoms with Crippen molar-refractivity contribution in [3.05, 3.63) is 21.9 Å². The van der Waals surface area contributed by atoms with Gasteiger partial charge < -0.3 is 10.9 Å². The molecule has 1 aromatic heterocycles. The van der Waals surface area contributed by atoms with Gasteiger partial charge in [0, 0.05) is 10.8 Å². The lowest BCUT2D eigenvalue weighted by Gasteiger charge is -2.25. The van der Waals surface area contributed by atoms with Crippen molar-refractivity contribution in [1.29, 1.82) is 0 Å². The predicted octanol–water partition coefficient (Wildman–Crippen LogP) is 1.70. The molecule has 19 heavy (non-hydrogen) atoms. The molecule has 0 saturated heterocycles. The van der Waals surface area contributed by atoms with Crippen LogP contribution in [0.15, 0.2) is 17.3 Å². The van der Waals surface area contributed by atoms with Crippen LogP contribution in [0.5, 0.6) is 0 Å². The van der Waals surface area contributed by atoms with Crippen molar-refractivity contribution in [3.63, 3.8) is 0 Å². The number of carbonyl (C=O) groups is 1. The molecule has 0 aromatic carbocycles. The topological polar surface area (TPSA) is 88.2 Å². The number of hydrogen-bond acceptors (Lipinski definition) is 5. The molecule has 104 valence electrons. The fourth-order valence-corrected chi connectivity index (χ4v) is 2.77. The van der Waals surface area contributed by atoms with E-state index in [0.29, 0.717) is 4.88 Å². The number of rotatable bonds is 5. The van der Waals surface area contributed by atoms with Crippen LogP contribution in [0.3, 0.4) is 0 Å². The summed E-state index contributed by atoms with van der Waals surface area (Å²) in [5.41, 5.74) is 5.53. The third-order valence-electron chi connectivity index (χ3n) is 3.09. The average molecular weight is 283 g/mol. The van der Waals surface area contributed by atoms with Gasteiger partial charge in [-0.05, 0) is 31.9 Å². The molecule has 0 aliphatic heterocycles. The first-order valence-corrected chi connectivity index (χ1v) is 6.85. The number of carbonyl (C=O) groups excluding carboxylic acids is 1. The number of nitrogens with zero attached hydrogens (tertiary/aromatic N) is 2. The Labute approximate surface area is 115 Å². The number of thiophene rings is 1. The van der Waals surface area contributed by atoms with Crippen molar-refractivity contribution in [2.75, 3.05) is 7.11 Å². The lowest BCUT2D eigenvalue weighted by Crippen LogP contribution is -2.33. The van der Waals surface area contributed by atoms with Crippen LogP contribution < -0.4 is 5.73 Å². The number of amidine groups is 1. The molecule has 1 atom stereocenters. The Bertz CT molecular complexity index is 496. The molecule has 1 unspecified atom stereocenters. The van der Waals surface area contributed by atoms with E-state index in [2.05, 4.69) is 5.16 Å². The van der Waals surface area contributed by atoms with Crippen LogP contribution in [-0.2, 0) is 9.63 Å². The lowest BCUT2D eigenvalue weighted by molar-refractivity contribution is -0.189. The van der Waals surface area contributed by atoms with E-state index >= 15 is 0 Å². The summed E-state index contributed by atoms with van der Waals surface area (Å²) < 4.78 is 0. The first-order chi connectivity index (χ1) is 9.08. The summed E-state index contributed by atoms with van der Waals surface area (Å²) in [5.74, 6) is 0.195. The molecule has 0 radical (unpaired) electrons. The molecule has 1 amide bonds. The summed E-state index contributed by atoms with van der Waals surface area (Å²) in [5, 5.41) is 13.0. The molecule has 6 nitrogen and oxygen atoms in total. The highest BCUT2D eigenvalue weighted by atomic mass is 32.1. The van der Waals surface area contributed by atoms with Crippen molar-refractivity contribution in [3.8, 4) is 0 Å². The van der Waals surface area contributed by atoms with Gasteiger partial charge in [-0.2, -0.15) is 0 Å². The van der Waals surface area contributed by atoms with E-state index in [9.17, 15) is 4.79 Å². The van der Waals surface area contributed by atoms with Crippen molar-refractivity contribution in [2.45, 2.75) is 25.8 Å². The largest absolute Gasteiger partial charge is 0.409 e. The summed E-state index contributed by atoms with van der Waals surface area (Å²) >= 11 is 1.38. The summed E-state index contributed by atoms with van der Waals surface area (Å²) in [4.78, 5) is 18.9. The Hall–Kier alpha value is -1.60. The highest BCUT2D eigenvalue weighted by Gasteiger charge is 2.36. The number of oxime groups is 1. The predicted molar refractivity (Wildman–Crippen MR) is 71.8 cm³/mol. The maximum absolute atomic E-state index is 12.1. The quantitative estimate of drug-likeness (QED) is 0.372. The smallest absolute Gasteiger partial charge is 0.249 e. The second kappa shape index (κ2) is 5.58. The van der Waals surface area contributed by atoms with E-state index in [1.807, 2.05) is 13.0 Å². The van der Waals surface area contributed by atoms with E-state index in [4.69, 9.17) is 15.8 Å². The summed E-state index contributed by atoms with van der Waals surface area (Å²) in [6, 6.07) is 3.43. The van der Waals surface area contributed by atoms with Gasteiger partial charge >= 0.3 is 0 Å². The Morgan fingerprint density at radius 3 is 2.84 bits per heavy atom. The fraction of sp³-hybridized carbons (Fsp3) is 0.500. The third kappa shape index (κ3) is 2.87. The molecule has 1 fully saturated rings. The molecule has 1 aliphatic rings. The molecule has 7 heteroatoms. The molecule has 0 bridgehead atoms. The van der Waals surface area contributed by atoms with Crippen LogP contribution in [0.1, 0.15) is 35.6 Å². The Kier molecular flexibility index (Phi) is 4.06. The van der Waals surface area contributed by atoms with Gasteiger partial charge in [-0.3, -0.25) is 9.63 Å². The van der Waals surface area contributed by atoms with Gasteiger partial charge in [0.1, 0.15) is 0 Å². The molecular formula is C12H17N3O3S. The van der Waals surface area contributed by atoms with Crippen LogP contribution >= 0.6 is 11.3 Å². The van der Waals surface area contributed by atoms with Crippen LogP contribution in [0.2, 0.25) is 0 Å². The first-order valence-electron chi connectivity index (χ1n) is 6.03. The average Bonchev–Trinajstić information content (AvgIpc) is 3.15. The number of amides is 1. The summed E-state index contributed by atoms with van der Waals surface area (Å²) in [7, 11) is 1.49. The van der Waals surface area contributed by atoms with Crippen molar-refractivity contribution in [1.82, 2.24) is 5.06 Å². The standard InChI is InChI=1S/C12H17N3O3S/c1-7(15(18-2)12(16)8-3-4-8)9-5-6-10(19-9)11(13)14-17/h5-8,17H,3-4H2,1-2H3,(H2,13,14). The molecule has 1 saturated carbocycles. The summed E-state index contributed by atoms with van der Waals surface area (Å²) in [6.07, 6.45) is 1.87. The fourth-order valence-electron chi connectivity index (χ4n) is 1.83. The number of nitrogens with two attached hydrogens (primary N) is 1. The van der Waals surface area contributed by atoms with Gasteiger partial charge in [-0.25, -0.2) is 5.06 Å². The minimum absolute atomic E-state index is 0.0220. The summed E-state index contributed by atoms with van der Waals surface area (Å²) in [6.45, 7) is 1.89. The Balaban J connectivity index is 2.15. The minimum atomic E-state index is -0.191. The van der Waals surface area contributed by atoms with Gasteiger partial charge in [0.15, 0.2) is 5.84 Å². The Morgan fingerprint density at radius 2 is 2.32 bits per heavy atom. The van der Waals surface area contributed by atoms with Gasteiger partial charge in [0.25, 0.3) is 0 Å². The third-order valence-corrected chi connectivity index (χ3v) is 4.37. The van der Waals surface area contributed by atoms with Gasteiger partial charge in [0.2, 0.25) is 5.91 Å². The number of hydroxylamine groups is 2. The zero-order chi connectivity index (χ0) is 14.0. The van der Waals surface area contributed by atoms with Crippen LogP contribution in [0, 0.1) is 5.92 Å². The number of hydrogen-bond donors (Lipinski definition) is 2. The van der Waals surface area contributed by atoms with Crippen LogP contribution in [0.25, 0.3) is 0 Å². The first kappa shape index (κ1) is 13.8. The van der Waals surface area contributed by atoms with Crippen molar-refractivity contribution >= 4 is 23.1 Å². The molecule has 3 N–H and O–H groups in total. The van der Waals surface area contributed by atoms with Gasteiger partial charge in [0.05, 0.1) is 18.0 Å². The molecular weight excluding hydrogens is 266 g/mol. The second-order valence-electron chi connectivity index (χ2n) is 4.48. The van der Waals surface area contributed by atoms with E-state index in [1.165, 1.54) is 23.5 Å². The van der Waals surface area contributed by atoms with E-state index in [0.717, 1.165) is 17.7 Å². The SMILES string of the molecule is CON(C(=O)C1CC1)C(C)c1ccc(/C(N)=N/O)s1. The zero-order valence-corrected chi connectivity index (χ0v) is 11.7. The zero-order valence-electron chi connectivity index (χ0n) is 10.9. The van der Waals surface area contributed by atoms with Gasteiger partial charge in [-0.15, -0.1) is 11.3 Å². The highest BCUT2D eigenvalue weighted by molar-refractivity contribution is 7.14. The molecule has 1 heterocycles. The van der Waals surface area contributed by atoms with Crippen LogP contribution in [0.4, 0.5) is 0 Å². The lowest BCUT2D eigenvalue weighted by atomic mass is 10.2. The van der Waals surface area contributed by atoms with E-state index in [1.54, 1.807) is 6.07 Å². The Morgan fingerprint density at radius 1 is 1.63 bits per heavy atom. The van der Waals surface area contributed by atoms with E-state index in [-0.39, 0.29) is 23.7 Å². The molecule has 1 aliphatic carbocycles. The monoisotopic (exact) mass is 283 g/mol. The van der Waals surface area contributed by atoms with Crippen molar-refractivity contribution in [2.24, 2.45) is 16.8 Å². The van der Waals surface area contributed by atoms with Gasteiger partial charge in [-0.1, -0.05) is 5.16 Å². The maximum atomic E-state index is 12.1. The highest BCUT2D eigenvalue weighted by Crippen LogP contribution is 2.35. The van der Waals surface area contributed by atoms with Crippen molar-refractivity contribution < 1.29 is 14.8 Å². The normalized spacial score (nSPS) is 17.3. The second-order valence-corrected chi connectivity index (χ2v) is 5.60. The molecule has 0 spiro atoms. The molecule has 1 aromatic rings. The molecule has 2 rings (SSSR count). The van der Waals surface area contributed by atoms with Crippen LogP contribution in [-0.4, -0.2) is 29.1 Å². The minimum Gasteiger partial charge on any atom is -0.409 e.